The summed E-state index contributed by atoms with van der Waals surface area (Å²) in [5.41, 5.74) is 1.42. The van der Waals surface area contributed by atoms with E-state index in [4.69, 9.17) is 0 Å². The topological polar surface area (TPSA) is 62.4 Å². The van der Waals surface area contributed by atoms with Crippen LogP contribution >= 0.6 is 0 Å². The molecule has 2 N–H and O–H groups in total. The molecule has 3 aromatic rings. The second-order valence-corrected chi connectivity index (χ2v) is 7.79. The molecule has 0 atom stereocenters. The van der Waals surface area contributed by atoms with Gasteiger partial charge in [-0.2, -0.15) is 13.2 Å². The van der Waals surface area contributed by atoms with Gasteiger partial charge in [0.05, 0.1) is 11.0 Å². The summed E-state index contributed by atoms with van der Waals surface area (Å²) < 4.78 is 42.1. The van der Waals surface area contributed by atoms with Crippen molar-refractivity contribution in [1.29, 1.82) is 0 Å². The first-order valence-electron chi connectivity index (χ1n) is 9.66. The lowest BCUT2D eigenvalue weighted by Crippen LogP contribution is -2.53. The van der Waals surface area contributed by atoms with Crippen molar-refractivity contribution in [2.45, 2.75) is 24.6 Å². The number of benzene rings is 2. The highest BCUT2D eigenvalue weighted by atomic mass is 19.4. The number of aliphatic hydroxyl groups is 1. The van der Waals surface area contributed by atoms with Gasteiger partial charge in [0, 0.05) is 57.1 Å². The number of halogens is 3. The largest absolute Gasteiger partial charge is 0.417 e. The fourth-order valence-electron chi connectivity index (χ4n) is 3.93. The molecule has 0 saturated carbocycles. The Morgan fingerprint density at radius 1 is 0.933 bits per heavy atom. The number of nitrogens with one attached hydrogen (secondary N) is 1. The monoisotopic (exact) mass is 420 g/mol. The first-order chi connectivity index (χ1) is 14.1. The van der Waals surface area contributed by atoms with Crippen molar-refractivity contribution in [2.24, 2.45) is 14.1 Å². The molecule has 0 amide bonds. The summed E-state index contributed by atoms with van der Waals surface area (Å²) in [6.45, 7) is 0.281. The Bertz CT molecular complexity index is 1120. The van der Waals surface area contributed by atoms with Crippen LogP contribution in [0.2, 0.25) is 0 Å². The van der Waals surface area contributed by atoms with Gasteiger partial charge in [0.1, 0.15) is 0 Å². The Labute approximate surface area is 171 Å². The third-order valence-electron chi connectivity index (χ3n) is 5.91. The van der Waals surface area contributed by atoms with Crippen LogP contribution < -0.4 is 15.9 Å². The molecule has 2 aromatic carbocycles. The van der Waals surface area contributed by atoms with E-state index in [1.807, 2.05) is 47.4 Å². The summed E-state index contributed by atoms with van der Waals surface area (Å²) >= 11 is 0. The number of hydrogen-bond donors (Lipinski definition) is 2. The van der Waals surface area contributed by atoms with Crippen LogP contribution in [-0.4, -0.2) is 39.1 Å². The highest BCUT2D eigenvalue weighted by Crippen LogP contribution is 2.39. The Kier molecular flexibility index (Phi) is 4.80. The molecule has 160 valence electrons. The Morgan fingerprint density at radius 2 is 1.50 bits per heavy atom. The predicted molar refractivity (Wildman–Crippen MR) is 110 cm³/mol. The molecule has 1 aliphatic heterocycles. The lowest BCUT2D eigenvalue weighted by atomic mass is 9.90. The number of aryl methyl sites for hydroxylation is 2. The molecule has 4 rings (SSSR count). The van der Waals surface area contributed by atoms with Gasteiger partial charge in [0.15, 0.2) is 5.60 Å². The maximum Gasteiger partial charge on any atom is 0.417 e. The van der Waals surface area contributed by atoms with E-state index in [1.165, 1.54) is 0 Å². The SMILES string of the molecule is Cn1c(=O)n(C)c2cc(Nc3ccc(N4CCC(O)(C(F)(F)F)CC4)cc3)ccc21. The van der Waals surface area contributed by atoms with E-state index in [0.717, 1.165) is 28.1 Å². The van der Waals surface area contributed by atoms with E-state index in [-0.39, 0.29) is 31.6 Å². The normalized spacial score (nSPS) is 16.8. The van der Waals surface area contributed by atoms with Gasteiger partial charge in [0.2, 0.25) is 0 Å². The van der Waals surface area contributed by atoms with Crippen LogP contribution in [-0.2, 0) is 14.1 Å². The van der Waals surface area contributed by atoms with Gasteiger partial charge in [-0.3, -0.25) is 9.13 Å². The number of fused-ring (bicyclic) bond motifs is 1. The molecule has 9 heteroatoms. The van der Waals surface area contributed by atoms with Crippen molar-refractivity contribution in [2.75, 3.05) is 23.3 Å². The van der Waals surface area contributed by atoms with E-state index < -0.39 is 11.8 Å². The minimum atomic E-state index is -4.60. The van der Waals surface area contributed by atoms with Gasteiger partial charge >= 0.3 is 11.9 Å². The maximum absolute atomic E-state index is 13.0. The maximum atomic E-state index is 13.0. The fraction of sp³-hybridized carbons (Fsp3) is 0.381. The lowest BCUT2D eigenvalue weighted by Gasteiger charge is -2.40. The van der Waals surface area contributed by atoms with Crippen LogP contribution in [0.1, 0.15) is 12.8 Å². The van der Waals surface area contributed by atoms with Crippen molar-refractivity contribution in [3.63, 3.8) is 0 Å². The van der Waals surface area contributed by atoms with E-state index >= 15 is 0 Å². The number of hydrogen-bond acceptors (Lipinski definition) is 4. The van der Waals surface area contributed by atoms with Gasteiger partial charge in [-0.15, -0.1) is 0 Å². The van der Waals surface area contributed by atoms with Crippen molar-refractivity contribution < 1.29 is 18.3 Å². The molecule has 1 aromatic heterocycles. The van der Waals surface area contributed by atoms with Crippen LogP contribution in [0.3, 0.4) is 0 Å². The number of piperidine rings is 1. The van der Waals surface area contributed by atoms with Crippen LogP contribution in [0.25, 0.3) is 11.0 Å². The molecule has 0 radical (unpaired) electrons. The molecule has 0 spiro atoms. The minimum absolute atomic E-state index is 0.0922. The summed E-state index contributed by atoms with van der Waals surface area (Å²) in [7, 11) is 3.45. The zero-order valence-electron chi connectivity index (χ0n) is 16.7. The molecule has 30 heavy (non-hydrogen) atoms. The van der Waals surface area contributed by atoms with Crippen molar-refractivity contribution in [3.05, 3.63) is 52.9 Å². The second-order valence-electron chi connectivity index (χ2n) is 7.79. The highest BCUT2D eigenvalue weighted by molar-refractivity contribution is 5.81. The third-order valence-corrected chi connectivity index (χ3v) is 5.91. The van der Waals surface area contributed by atoms with Gasteiger partial charge in [-0.25, -0.2) is 4.79 Å². The molecular weight excluding hydrogens is 397 g/mol. The zero-order chi connectivity index (χ0) is 21.7. The van der Waals surface area contributed by atoms with Crippen LogP contribution in [0, 0.1) is 0 Å². The Hall–Kier alpha value is -2.94. The number of alkyl halides is 3. The number of nitrogens with zero attached hydrogens (tertiary/aromatic N) is 3. The minimum Gasteiger partial charge on any atom is -0.380 e. The molecule has 2 heterocycles. The summed E-state index contributed by atoms with van der Waals surface area (Å²) in [6, 6.07) is 13.1. The van der Waals surface area contributed by atoms with Crippen molar-refractivity contribution in [1.82, 2.24) is 9.13 Å². The van der Waals surface area contributed by atoms with E-state index in [0.29, 0.717) is 0 Å². The molecule has 0 aliphatic carbocycles. The van der Waals surface area contributed by atoms with Gasteiger partial charge in [-0.05, 0) is 42.5 Å². The average molecular weight is 420 g/mol. The fourth-order valence-corrected chi connectivity index (χ4v) is 3.93. The van der Waals surface area contributed by atoms with Gasteiger partial charge < -0.3 is 15.3 Å². The molecule has 0 unspecified atom stereocenters. The lowest BCUT2D eigenvalue weighted by molar-refractivity contribution is -0.266. The summed E-state index contributed by atoms with van der Waals surface area (Å²) in [5.74, 6) is 0. The standard InChI is InChI=1S/C21H23F3N4O2/c1-26-17-8-5-15(13-18(17)27(2)19(26)29)25-14-3-6-16(7-4-14)28-11-9-20(30,10-12-28)21(22,23)24/h3-8,13,25,30H,9-12H2,1-2H3. The molecule has 1 fully saturated rings. The van der Waals surface area contributed by atoms with E-state index in [2.05, 4.69) is 5.32 Å². The first kappa shape index (κ1) is 20.3. The van der Waals surface area contributed by atoms with Crippen LogP contribution in [0.15, 0.2) is 47.3 Å². The summed E-state index contributed by atoms with van der Waals surface area (Å²) in [5, 5.41) is 13.1. The average Bonchev–Trinajstić information content (AvgIpc) is 2.92. The number of anilines is 3. The highest BCUT2D eigenvalue weighted by Gasteiger charge is 2.54. The van der Waals surface area contributed by atoms with Gasteiger partial charge in [0.25, 0.3) is 0 Å². The van der Waals surface area contributed by atoms with Gasteiger partial charge in [-0.1, -0.05) is 0 Å². The quantitative estimate of drug-likeness (QED) is 0.681. The molecule has 1 saturated heterocycles. The summed E-state index contributed by atoms with van der Waals surface area (Å²) in [6.07, 6.45) is -5.28. The molecular formula is C21H23F3N4O2. The number of aromatic nitrogens is 2. The van der Waals surface area contributed by atoms with Crippen LogP contribution in [0.5, 0.6) is 0 Å². The Balaban J connectivity index is 1.47. The molecule has 1 aliphatic rings. The number of rotatable bonds is 3. The second kappa shape index (κ2) is 7.09. The zero-order valence-corrected chi connectivity index (χ0v) is 16.7. The first-order valence-corrected chi connectivity index (χ1v) is 9.66. The van der Waals surface area contributed by atoms with E-state index in [9.17, 15) is 23.1 Å². The van der Waals surface area contributed by atoms with Crippen molar-refractivity contribution >= 4 is 28.1 Å². The number of imidazole rings is 1. The smallest absolute Gasteiger partial charge is 0.380 e. The molecule has 6 nitrogen and oxygen atoms in total. The van der Waals surface area contributed by atoms with Crippen LogP contribution in [0.4, 0.5) is 30.2 Å². The Morgan fingerprint density at radius 3 is 2.10 bits per heavy atom. The van der Waals surface area contributed by atoms with Crippen molar-refractivity contribution in [3.8, 4) is 0 Å². The molecule has 0 bridgehead atoms. The summed E-state index contributed by atoms with van der Waals surface area (Å²) in [4.78, 5) is 13.9. The predicted octanol–water partition coefficient (Wildman–Crippen LogP) is 3.51. The third kappa shape index (κ3) is 3.43. The van der Waals surface area contributed by atoms with E-state index in [1.54, 1.807) is 23.2 Å².